The van der Waals surface area contributed by atoms with Gasteiger partial charge in [0, 0.05) is 24.8 Å². The van der Waals surface area contributed by atoms with Gasteiger partial charge >= 0.3 is 0 Å². The molecular weight excluding hydrogens is 240 g/mol. The van der Waals surface area contributed by atoms with Crippen LogP contribution in [0.4, 0.5) is 0 Å². The minimum Gasteiger partial charge on any atom is -0.480 e. The number of pyridine rings is 1. The molecule has 2 rings (SSSR count). The molecule has 0 fully saturated rings. The Morgan fingerprint density at radius 2 is 1.89 bits per heavy atom. The van der Waals surface area contributed by atoms with Crippen molar-refractivity contribution in [3.63, 3.8) is 0 Å². The molecule has 0 saturated carbocycles. The fourth-order valence-electron chi connectivity index (χ4n) is 1.91. The molecule has 0 aromatic carbocycles. The van der Waals surface area contributed by atoms with Crippen LogP contribution in [0.3, 0.4) is 0 Å². The van der Waals surface area contributed by atoms with Crippen molar-refractivity contribution < 1.29 is 4.74 Å². The summed E-state index contributed by atoms with van der Waals surface area (Å²) in [5.41, 5.74) is 1.90. The Morgan fingerprint density at radius 3 is 2.58 bits per heavy atom. The lowest BCUT2D eigenvalue weighted by Gasteiger charge is -2.19. The maximum absolute atomic E-state index is 5.30. The molecule has 2 aromatic rings. The van der Waals surface area contributed by atoms with Crippen LogP contribution in [-0.4, -0.2) is 28.6 Å². The highest BCUT2D eigenvalue weighted by Crippen LogP contribution is 2.25. The molecule has 5 nitrogen and oxygen atoms in total. The van der Waals surface area contributed by atoms with E-state index in [4.69, 9.17) is 4.74 Å². The minimum atomic E-state index is -0.0356. The highest BCUT2D eigenvalue weighted by molar-refractivity contribution is 5.31. The number of hydrogen-bond acceptors (Lipinski definition) is 5. The van der Waals surface area contributed by atoms with E-state index in [-0.39, 0.29) is 6.04 Å². The molecule has 1 N–H and O–H groups in total. The van der Waals surface area contributed by atoms with Gasteiger partial charge in [-0.3, -0.25) is 9.97 Å². The summed E-state index contributed by atoms with van der Waals surface area (Å²) in [5, 5.41) is 3.47. The topological polar surface area (TPSA) is 59.9 Å². The fourth-order valence-corrected chi connectivity index (χ4v) is 1.91. The molecule has 0 amide bonds. The summed E-state index contributed by atoms with van der Waals surface area (Å²) in [7, 11) is 1.61. The number of aromatic nitrogens is 3. The zero-order chi connectivity index (χ0) is 13.5. The molecule has 19 heavy (non-hydrogen) atoms. The van der Waals surface area contributed by atoms with Crippen LogP contribution in [0.2, 0.25) is 0 Å². The largest absolute Gasteiger partial charge is 0.480 e. The van der Waals surface area contributed by atoms with Gasteiger partial charge in [0.1, 0.15) is 5.69 Å². The van der Waals surface area contributed by atoms with Gasteiger partial charge in [-0.2, -0.15) is 0 Å². The van der Waals surface area contributed by atoms with Crippen molar-refractivity contribution in [3.05, 3.63) is 48.2 Å². The molecule has 5 heteroatoms. The summed E-state index contributed by atoms with van der Waals surface area (Å²) >= 11 is 0. The Labute approximate surface area is 113 Å². The van der Waals surface area contributed by atoms with Gasteiger partial charge in [0.15, 0.2) is 0 Å². The van der Waals surface area contributed by atoms with E-state index < -0.39 is 0 Å². The molecule has 100 valence electrons. The van der Waals surface area contributed by atoms with Crippen molar-refractivity contribution >= 4 is 0 Å². The van der Waals surface area contributed by atoms with Gasteiger partial charge in [0.05, 0.1) is 13.2 Å². The molecule has 0 radical (unpaired) electrons. The smallest absolute Gasteiger partial charge is 0.237 e. The molecule has 0 aliphatic carbocycles. The quantitative estimate of drug-likeness (QED) is 0.858. The predicted octanol–water partition coefficient (Wildman–Crippen LogP) is 1.97. The first kappa shape index (κ1) is 13.4. The molecule has 0 bridgehead atoms. The van der Waals surface area contributed by atoms with Crippen molar-refractivity contribution in [2.45, 2.75) is 19.4 Å². The first-order chi connectivity index (χ1) is 9.36. The lowest BCUT2D eigenvalue weighted by Crippen LogP contribution is -2.24. The maximum atomic E-state index is 5.30. The highest BCUT2D eigenvalue weighted by Gasteiger charge is 2.19. The standard InChI is InChI=1S/C14H18N4O/c1-3-6-16-12(11-4-7-15-8-5-11)13-14(19-2)18-10-9-17-13/h4-5,7-10,12,16H,3,6H2,1-2H3. The lowest BCUT2D eigenvalue weighted by molar-refractivity contribution is 0.382. The Kier molecular flexibility index (Phi) is 4.80. The van der Waals surface area contributed by atoms with Gasteiger partial charge in [-0.1, -0.05) is 6.92 Å². The van der Waals surface area contributed by atoms with E-state index in [9.17, 15) is 0 Å². The second-order valence-electron chi connectivity index (χ2n) is 4.12. The van der Waals surface area contributed by atoms with Gasteiger partial charge < -0.3 is 10.1 Å². The highest BCUT2D eigenvalue weighted by atomic mass is 16.5. The summed E-state index contributed by atoms with van der Waals surface area (Å²) in [6.07, 6.45) is 7.91. The van der Waals surface area contributed by atoms with Gasteiger partial charge in [0.2, 0.25) is 5.88 Å². The molecule has 0 saturated heterocycles. The van der Waals surface area contributed by atoms with Gasteiger partial charge in [-0.15, -0.1) is 0 Å². The van der Waals surface area contributed by atoms with Gasteiger partial charge in [-0.25, -0.2) is 4.98 Å². The average Bonchev–Trinajstić information content (AvgIpc) is 2.49. The molecule has 2 aromatic heterocycles. The average molecular weight is 258 g/mol. The maximum Gasteiger partial charge on any atom is 0.237 e. The van der Waals surface area contributed by atoms with Crippen molar-refractivity contribution in [2.75, 3.05) is 13.7 Å². The van der Waals surface area contributed by atoms with E-state index in [1.165, 1.54) is 0 Å². The zero-order valence-electron chi connectivity index (χ0n) is 11.2. The molecule has 0 aliphatic rings. The van der Waals surface area contributed by atoms with Gasteiger partial charge in [0.25, 0.3) is 0 Å². The number of ether oxygens (including phenoxy) is 1. The summed E-state index contributed by atoms with van der Waals surface area (Å²) < 4.78 is 5.30. The summed E-state index contributed by atoms with van der Waals surface area (Å²) in [5.74, 6) is 0.549. The van der Waals surface area contributed by atoms with Gasteiger partial charge in [-0.05, 0) is 30.7 Å². The summed E-state index contributed by atoms with van der Waals surface area (Å²) in [6, 6.07) is 3.91. The zero-order valence-corrected chi connectivity index (χ0v) is 11.2. The number of rotatable bonds is 6. The van der Waals surface area contributed by atoms with Crippen LogP contribution in [0.1, 0.15) is 30.6 Å². The molecule has 0 aliphatic heterocycles. The number of hydrogen-bond donors (Lipinski definition) is 1. The first-order valence-corrected chi connectivity index (χ1v) is 6.35. The van der Waals surface area contributed by atoms with Crippen LogP contribution >= 0.6 is 0 Å². The Hall–Kier alpha value is -2.01. The lowest BCUT2D eigenvalue weighted by atomic mass is 10.0. The van der Waals surface area contributed by atoms with E-state index in [0.717, 1.165) is 24.2 Å². The Morgan fingerprint density at radius 1 is 1.16 bits per heavy atom. The van der Waals surface area contributed by atoms with Crippen LogP contribution in [0, 0.1) is 0 Å². The fraction of sp³-hybridized carbons (Fsp3) is 0.357. The third-order valence-corrected chi connectivity index (χ3v) is 2.80. The third kappa shape index (κ3) is 3.26. The number of nitrogens with zero attached hydrogens (tertiary/aromatic N) is 3. The van der Waals surface area contributed by atoms with Crippen molar-refractivity contribution in [2.24, 2.45) is 0 Å². The minimum absolute atomic E-state index is 0.0356. The number of nitrogens with one attached hydrogen (secondary N) is 1. The molecule has 1 atom stereocenters. The molecule has 0 spiro atoms. The van der Waals surface area contributed by atoms with Crippen molar-refractivity contribution in [1.29, 1.82) is 0 Å². The van der Waals surface area contributed by atoms with E-state index in [2.05, 4.69) is 27.2 Å². The van der Waals surface area contributed by atoms with Crippen LogP contribution in [0.5, 0.6) is 5.88 Å². The summed E-state index contributed by atoms with van der Waals surface area (Å²) in [4.78, 5) is 12.7. The molecular formula is C14H18N4O. The second kappa shape index (κ2) is 6.80. The van der Waals surface area contributed by atoms with Crippen LogP contribution in [0.25, 0.3) is 0 Å². The van der Waals surface area contributed by atoms with E-state index >= 15 is 0 Å². The van der Waals surface area contributed by atoms with E-state index in [1.54, 1.807) is 31.9 Å². The molecule has 1 unspecified atom stereocenters. The van der Waals surface area contributed by atoms with Crippen molar-refractivity contribution in [3.8, 4) is 5.88 Å². The SMILES string of the molecule is CCCNC(c1ccncc1)c1nccnc1OC. The first-order valence-electron chi connectivity index (χ1n) is 6.35. The normalized spacial score (nSPS) is 12.1. The Balaban J connectivity index is 2.37. The van der Waals surface area contributed by atoms with E-state index in [0.29, 0.717) is 5.88 Å². The van der Waals surface area contributed by atoms with Crippen LogP contribution in [-0.2, 0) is 0 Å². The molecule has 2 heterocycles. The monoisotopic (exact) mass is 258 g/mol. The number of methoxy groups -OCH3 is 1. The van der Waals surface area contributed by atoms with Crippen LogP contribution < -0.4 is 10.1 Å². The van der Waals surface area contributed by atoms with Crippen molar-refractivity contribution in [1.82, 2.24) is 20.3 Å². The van der Waals surface area contributed by atoms with E-state index in [1.807, 2.05) is 12.1 Å². The predicted molar refractivity (Wildman–Crippen MR) is 73.0 cm³/mol. The van der Waals surface area contributed by atoms with Crippen LogP contribution in [0.15, 0.2) is 36.9 Å². The second-order valence-corrected chi connectivity index (χ2v) is 4.12. The summed E-state index contributed by atoms with van der Waals surface area (Å²) in [6.45, 7) is 3.03. The third-order valence-electron chi connectivity index (χ3n) is 2.80. The Bertz CT molecular complexity index is 504.